The van der Waals surface area contributed by atoms with Crippen LogP contribution in [0.15, 0.2) is 48.5 Å². The van der Waals surface area contributed by atoms with Crippen LogP contribution in [-0.4, -0.2) is 41.4 Å². The molecule has 2 N–H and O–H groups in total. The summed E-state index contributed by atoms with van der Waals surface area (Å²) in [6.07, 6.45) is 1.61. The molecule has 2 aromatic carbocycles. The molecule has 0 unspecified atom stereocenters. The van der Waals surface area contributed by atoms with E-state index in [2.05, 4.69) is 10.3 Å². The number of fused-ring (bicyclic) bond motifs is 1. The highest BCUT2D eigenvalue weighted by molar-refractivity contribution is 6.31. The number of para-hydroxylation sites is 1. The van der Waals surface area contributed by atoms with Gasteiger partial charge in [0.1, 0.15) is 11.4 Å². The Kier molecular flexibility index (Phi) is 7.23. The number of amides is 2. The number of nitrogens with zero attached hydrogens (tertiary/aromatic N) is 1. The molecule has 0 saturated carbocycles. The van der Waals surface area contributed by atoms with Crippen molar-refractivity contribution in [2.45, 2.75) is 33.2 Å². The average molecular weight is 468 g/mol. The second kappa shape index (κ2) is 10.3. The summed E-state index contributed by atoms with van der Waals surface area (Å²) in [6.45, 7) is 6.25. The molecule has 1 atom stereocenters. The molecule has 1 aliphatic rings. The van der Waals surface area contributed by atoms with Gasteiger partial charge >= 0.3 is 0 Å². The number of nitrogens with one attached hydrogen (secondary N) is 2. The molecule has 174 valence electrons. The lowest BCUT2D eigenvalue weighted by Gasteiger charge is -2.34. The van der Waals surface area contributed by atoms with Crippen LogP contribution in [0.2, 0.25) is 5.02 Å². The van der Waals surface area contributed by atoms with E-state index in [9.17, 15) is 9.59 Å². The Morgan fingerprint density at radius 3 is 2.70 bits per heavy atom. The zero-order valence-corrected chi connectivity index (χ0v) is 19.8. The van der Waals surface area contributed by atoms with Crippen molar-refractivity contribution in [3.8, 4) is 5.75 Å². The number of hydrogen-bond acceptors (Lipinski definition) is 3. The van der Waals surface area contributed by atoms with E-state index in [4.69, 9.17) is 16.3 Å². The highest BCUT2D eigenvalue weighted by Gasteiger charge is 2.30. The smallest absolute Gasteiger partial charge is 0.270 e. The predicted molar refractivity (Wildman–Crippen MR) is 131 cm³/mol. The number of carbonyl (C=O) groups is 2. The van der Waals surface area contributed by atoms with E-state index in [0.29, 0.717) is 37.0 Å². The van der Waals surface area contributed by atoms with Crippen molar-refractivity contribution in [1.82, 2.24) is 15.2 Å². The minimum atomic E-state index is -0.114. The Balaban J connectivity index is 1.30. The van der Waals surface area contributed by atoms with E-state index >= 15 is 0 Å². The van der Waals surface area contributed by atoms with Gasteiger partial charge in [-0.25, -0.2) is 0 Å². The first-order chi connectivity index (χ1) is 16.0. The molecule has 1 aromatic heterocycles. The number of hydrogen-bond donors (Lipinski definition) is 2. The van der Waals surface area contributed by atoms with E-state index in [1.54, 1.807) is 0 Å². The van der Waals surface area contributed by atoms with Crippen LogP contribution in [0.3, 0.4) is 0 Å². The van der Waals surface area contributed by atoms with Gasteiger partial charge in [0.2, 0.25) is 5.91 Å². The van der Waals surface area contributed by atoms with Crippen molar-refractivity contribution in [3.63, 3.8) is 0 Å². The fourth-order valence-corrected chi connectivity index (χ4v) is 4.68. The average Bonchev–Trinajstić information content (AvgIpc) is 3.26. The number of benzene rings is 2. The number of aromatic nitrogens is 1. The fraction of sp³-hybridized carbons (Fsp3) is 0.385. The molecule has 4 rings (SSSR count). The van der Waals surface area contributed by atoms with Gasteiger partial charge in [-0.1, -0.05) is 36.7 Å². The molecule has 1 saturated heterocycles. The molecule has 0 spiro atoms. The summed E-state index contributed by atoms with van der Waals surface area (Å²) >= 11 is 6.06. The summed E-state index contributed by atoms with van der Waals surface area (Å²) in [5.74, 6) is 0.970. The van der Waals surface area contributed by atoms with E-state index in [-0.39, 0.29) is 23.7 Å². The number of ether oxygens (including phenoxy) is 1. The number of carbonyl (C=O) groups excluding carboxylic acids is 2. The molecular formula is C26H30ClN3O3. The van der Waals surface area contributed by atoms with Gasteiger partial charge in [0.25, 0.3) is 5.91 Å². The number of piperidine rings is 1. The van der Waals surface area contributed by atoms with Gasteiger partial charge in [-0.2, -0.15) is 0 Å². The van der Waals surface area contributed by atoms with E-state index in [1.807, 2.05) is 67.3 Å². The Bertz CT molecular complexity index is 1130. The second-order valence-electron chi connectivity index (χ2n) is 8.59. The van der Waals surface area contributed by atoms with Gasteiger partial charge in [-0.05, 0) is 56.0 Å². The molecule has 1 aliphatic heterocycles. The standard InChI is InChI=1S/C26H30ClN3O3/c1-3-33-24-7-5-4-6-19(24)16-28-25(31)17(2)18-10-12-30(13-11-18)26(32)23-15-20-14-21(27)8-9-22(20)29-23/h4-9,14-15,17-18,29H,3,10-13,16H2,1-2H3,(H,28,31)/t17-/m1/s1. The maximum atomic E-state index is 13.0. The molecule has 2 heterocycles. The Morgan fingerprint density at radius 2 is 1.94 bits per heavy atom. The van der Waals surface area contributed by atoms with Crippen LogP contribution in [0.25, 0.3) is 10.9 Å². The molecule has 2 amide bonds. The van der Waals surface area contributed by atoms with E-state index in [0.717, 1.165) is 35.1 Å². The highest BCUT2D eigenvalue weighted by atomic mass is 35.5. The Labute approximate surface area is 199 Å². The lowest BCUT2D eigenvalue weighted by Crippen LogP contribution is -2.42. The van der Waals surface area contributed by atoms with Gasteiger partial charge < -0.3 is 19.9 Å². The van der Waals surface area contributed by atoms with Crippen LogP contribution >= 0.6 is 11.6 Å². The molecule has 7 heteroatoms. The van der Waals surface area contributed by atoms with Crippen LogP contribution in [-0.2, 0) is 11.3 Å². The normalized spacial score (nSPS) is 15.4. The first-order valence-corrected chi connectivity index (χ1v) is 11.9. The number of rotatable bonds is 7. The molecule has 3 aromatic rings. The van der Waals surface area contributed by atoms with Gasteiger partial charge in [0.05, 0.1) is 6.61 Å². The van der Waals surface area contributed by atoms with E-state index < -0.39 is 0 Å². The maximum Gasteiger partial charge on any atom is 0.270 e. The zero-order chi connectivity index (χ0) is 23.4. The largest absolute Gasteiger partial charge is 0.494 e. The summed E-state index contributed by atoms with van der Waals surface area (Å²) in [6, 6.07) is 15.2. The first-order valence-electron chi connectivity index (χ1n) is 11.5. The summed E-state index contributed by atoms with van der Waals surface area (Å²) in [7, 11) is 0. The highest BCUT2D eigenvalue weighted by Crippen LogP contribution is 2.27. The molecule has 6 nitrogen and oxygen atoms in total. The predicted octanol–water partition coefficient (Wildman–Crippen LogP) is 5.02. The van der Waals surface area contributed by atoms with E-state index in [1.165, 1.54) is 0 Å². The van der Waals surface area contributed by atoms with Crippen molar-refractivity contribution in [3.05, 3.63) is 64.8 Å². The molecule has 33 heavy (non-hydrogen) atoms. The van der Waals surface area contributed by atoms with Gasteiger partial charge in [0, 0.05) is 47.0 Å². The minimum Gasteiger partial charge on any atom is -0.494 e. The Morgan fingerprint density at radius 1 is 1.18 bits per heavy atom. The zero-order valence-electron chi connectivity index (χ0n) is 19.1. The van der Waals surface area contributed by atoms with Crippen molar-refractivity contribution in [2.24, 2.45) is 11.8 Å². The quantitative estimate of drug-likeness (QED) is 0.512. The first kappa shape index (κ1) is 23.2. The second-order valence-corrected chi connectivity index (χ2v) is 9.03. The summed E-state index contributed by atoms with van der Waals surface area (Å²) in [5, 5.41) is 4.63. The third-order valence-electron chi connectivity index (χ3n) is 6.49. The van der Waals surface area contributed by atoms with Crippen LogP contribution in [0, 0.1) is 11.8 Å². The number of likely N-dealkylation sites (tertiary alicyclic amines) is 1. The van der Waals surface area contributed by atoms with Crippen molar-refractivity contribution in [1.29, 1.82) is 0 Å². The minimum absolute atomic E-state index is 0.00888. The van der Waals surface area contributed by atoms with Crippen LogP contribution in [0.4, 0.5) is 0 Å². The molecule has 0 bridgehead atoms. The third-order valence-corrected chi connectivity index (χ3v) is 6.72. The molecule has 0 aliphatic carbocycles. The third kappa shape index (κ3) is 5.33. The SMILES string of the molecule is CCOc1ccccc1CNC(=O)[C@H](C)C1CCN(C(=O)c2cc3cc(Cl)ccc3[nH]2)CC1. The number of halogens is 1. The lowest BCUT2D eigenvalue weighted by molar-refractivity contribution is -0.126. The topological polar surface area (TPSA) is 74.4 Å². The lowest BCUT2D eigenvalue weighted by atomic mass is 9.84. The van der Waals surface area contributed by atoms with Gasteiger partial charge in [-0.3, -0.25) is 9.59 Å². The monoisotopic (exact) mass is 467 g/mol. The fourth-order valence-electron chi connectivity index (χ4n) is 4.50. The molecule has 0 radical (unpaired) electrons. The van der Waals surface area contributed by atoms with Crippen molar-refractivity contribution < 1.29 is 14.3 Å². The van der Waals surface area contributed by atoms with Crippen LogP contribution < -0.4 is 10.1 Å². The molecular weight excluding hydrogens is 438 g/mol. The maximum absolute atomic E-state index is 13.0. The van der Waals surface area contributed by atoms with Crippen molar-refractivity contribution >= 4 is 34.3 Å². The summed E-state index contributed by atoms with van der Waals surface area (Å²) in [5.41, 5.74) is 2.44. The number of aromatic amines is 1. The number of H-pyrrole nitrogens is 1. The summed E-state index contributed by atoms with van der Waals surface area (Å²) < 4.78 is 5.64. The molecule has 1 fully saturated rings. The van der Waals surface area contributed by atoms with Gasteiger partial charge in [0.15, 0.2) is 0 Å². The van der Waals surface area contributed by atoms with Crippen molar-refractivity contribution in [2.75, 3.05) is 19.7 Å². The summed E-state index contributed by atoms with van der Waals surface area (Å²) in [4.78, 5) is 30.8. The van der Waals surface area contributed by atoms with Crippen LogP contribution in [0.1, 0.15) is 42.7 Å². The van der Waals surface area contributed by atoms with Crippen LogP contribution in [0.5, 0.6) is 5.75 Å². The van der Waals surface area contributed by atoms with Gasteiger partial charge in [-0.15, -0.1) is 0 Å². The Hall–Kier alpha value is -2.99.